The van der Waals surface area contributed by atoms with Crippen LogP contribution in [0.2, 0.25) is 0 Å². The standard InChI is InChI=1S/C32H20N2S/c1-2-9-21(10-3-1)34-28-14-6-4-11-22(28)24-17-18-27-26(31(24)34)19-20-33(27)29-15-8-13-25-23-12-5-7-16-30(23)35-32(25)29/h1-20H. The molecule has 0 N–H and O–H groups in total. The minimum Gasteiger partial charge on any atom is -0.315 e. The lowest BCUT2D eigenvalue weighted by atomic mass is 10.1. The average molecular weight is 465 g/mol. The minimum atomic E-state index is 1.19. The van der Waals surface area contributed by atoms with E-state index in [2.05, 4.69) is 131 Å². The molecule has 0 radical (unpaired) electrons. The summed E-state index contributed by atoms with van der Waals surface area (Å²) in [5, 5.41) is 6.49. The van der Waals surface area contributed by atoms with Crippen molar-refractivity contribution >= 4 is 64.2 Å². The van der Waals surface area contributed by atoms with E-state index in [9.17, 15) is 0 Å². The third-order valence-corrected chi connectivity index (χ3v) is 8.37. The van der Waals surface area contributed by atoms with Gasteiger partial charge >= 0.3 is 0 Å². The molecule has 0 bridgehead atoms. The molecule has 8 aromatic rings. The lowest BCUT2D eigenvalue weighted by molar-refractivity contribution is 1.15. The predicted octanol–water partition coefficient (Wildman–Crippen LogP) is 9.10. The number of hydrogen-bond acceptors (Lipinski definition) is 1. The first-order chi connectivity index (χ1) is 17.4. The van der Waals surface area contributed by atoms with Crippen LogP contribution in [0.5, 0.6) is 0 Å². The molecule has 3 heteroatoms. The van der Waals surface area contributed by atoms with E-state index >= 15 is 0 Å². The zero-order valence-corrected chi connectivity index (χ0v) is 19.7. The molecule has 0 unspecified atom stereocenters. The van der Waals surface area contributed by atoms with Gasteiger partial charge in [-0.1, -0.05) is 72.8 Å². The Balaban J connectivity index is 1.49. The monoisotopic (exact) mass is 464 g/mol. The highest BCUT2D eigenvalue weighted by atomic mass is 32.1. The molecule has 0 saturated carbocycles. The van der Waals surface area contributed by atoms with Crippen molar-refractivity contribution < 1.29 is 0 Å². The molecule has 2 nitrogen and oxygen atoms in total. The second-order valence-corrected chi connectivity index (χ2v) is 10.1. The maximum Gasteiger partial charge on any atom is 0.0635 e. The van der Waals surface area contributed by atoms with Crippen molar-refractivity contribution in [2.24, 2.45) is 0 Å². The molecule has 0 atom stereocenters. The number of thiophene rings is 1. The quantitative estimate of drug-likeness (QED) is 0.241. The largest absolute Gasteiger partial charge is 0.315 e. The van der Waals surface area contributed by atoms with Crippen LogP contribution in [-0.4, -0.2) is 9.13 Å². The summed E-state index contributed by atoms with van der Waals surface area (Å²) in [5.74, 6) is 0. The third-order valence-electron chi connectivity index (χ3n) is 7.16. The van der Waals surface area contributed by atoms with Gasteiger partial charge in [-0.15, -0.1) is 11.3 Å². The molecule has 35 heavy (non-hydrogen) atoms. The first-order valence-electron chi connectivity index (χ1n) is 11.9. The Kier molecular flexibility index (Phi) is 3.85. The van der Waals surface area contributed by atoms with Gasteiger partial charge < -0.3 is 9.13 Å². The SMILES string of the molecule is c1ccc(-n2c3ccccc3c3ccc4c(ccn4-c4cccc5c4sc4ccccc45)c32)cc1. The summed E-state index contributed by atoms with van der Waals surface area (Å²) in [6.07, 6.45) is 2.23. The first kappa shape index (κ1) is 19.0. The average Bonchev–Trinajstić information content (AvgIpc) is 3.60. The zero-order chi connectivity index (χ0) is 22.9. The van der Waals surface area contributed by atoms with Gasteiger partial charge in [0.15, 0.2) is 0 Å². The Hall–Kier alpha value is -4.34. The molecular weight excluding hydrogens is 444 g/mol. The highest BCUT2D eigenvalue weighted by Crippen LogP contribution is 2.40. The normalized spacial score (nSPS) is 12.0. The molecule has 0 aliphatic rings. The van der Waals surface area contributed by atoms with Crippen LogP contribution in [0.15, 0.2) is 121 Å². The van der Waals surface area contributed by atoms with E-state index in [0.29, 0.717) is 0 Å². The number of hydrogen-bond donors (Lipinski definition) is 0. The number of fused-ring (bicyclic) bond motifs is 8. The fraction of sp³-hybridized carbons (Fsp3) is 0. The van der Waals surface area contributed by atoms with Crippen LogP contribution in [0, 0.1) is 0 Å². The first-order valence-corrected chi connectivity index (χ1v) is 12.7. The highest BCUT2D eigenvalue weighted by molar-refractivity contribution is 7.26. The fourth-order valence-electron chi connectivity index (χ4n) is 5.65. The highest BCUT2D eigenvalue weighted by Gasteiger charge is 2.18. The van der Waals surface area contributed by atoms with E-state index in [1.165, 1.54) is 64.3 Å². The van der Waals surface area contributed by atoms with E-state index in [1.807, 2.05) is 11.3 Å². The minimum absolute atomic E-state index is 1.19. The second-order valence-electron chi connectivity index (χ2n) is 9.02. The molecule has 0 saturated heterocycles. The van der Waals surface area contributed by atoms with Crippen molar-refractivity contribution in [1.29, 1.82) is 0 Å². The second kappa shape index (κ2) is 7.08. The summed E-state index contributed by atoms with van der Waals surface area (Å²) in [6.45, 7) is 0. The van der Waals surface area contributed by atoms with Gasteiger partial charge in [-0.05, 0) is 42.5 Å². The van der Waals surface area contributed by atoms with Crippen molar-refractivity contribution in [3.8, 4) is 11.4 Å². The van der Waals surface area contributed by atoms with E-state index in [4.69, 9.17) is 0 Å². The number of benzene rings is 5. The van der Waals surface area contributed by atoms with E-state index < -0.39 is 0 Å². The van der Waals surface area contributed by atoms with E-state index in [-0.39, 0.29) is 0 Å². The fourth-order valence-corrected chi connectivity index (χ4v) is 6.87. The predicted molar refractivity (Wildman–Crippen MR) is 151 cm³/mol. The van der Waals surface area contributed by atoms with Crippen molar-refractivity contribution in [3.05, 3.63) is 121 Å². The van der Waals surface area contributed by atoms with E-state index in [0.717, 1.165) is 0 Å². The zero-order valence-electron chi connectivity index (χ0n) is 18.8. The van der Waals surface area contributed by atoms with Crippen LogP contribution in [0.25, 0.3) is 64.3 Å². The molecule has 3 aromatic heterocycles. The van der Waals surface area contributed by atoms with Gasteiger partial charge in [0.25, 0.3) is 0 Å². The van der Waals surface area contributed by atoms with E-state index in [1.54, 1.807) is 0 Å². The van der Waals surface area contributed by atoms with Crippen LogP contribution < -0.4 is 0 Å². The Labute approximate surface area is 205 Å². The Bertz CT molecular complexity index is 2050. The topological polar surface area (TPSA) is 9.86 Å². The van der Waals surface area contributed by atoms with Crippen LogP contribution >= 0.6 is 11.3 Å². The number of nitrogens with zero attached hydrogens (tertiary/aromatic N) is 2. The molecule has 164 valence electrons. The Morgan fingerprint density at radius 1 is 0.486 bits per heavy atom. The van der Waals surface area contributed by atoms with Crippen molar-refractivity contribution in [3.63, 3.8) is 0 Å². The summed E-state index contributed by atoms with van der Waals surface area (Å²) in [5.41, 5.74) is 6.14. The molecule has 8 rings (SSSR count). The molecule has 0 fully saturated rings. The molecule has 0 amide bonds. The molecule has 0 spiro atoms. The van der Waals surface area contributed by atoms with Gasteiger partial charge in [-0.2, -0.15) is 0 Å². The summed E-state index contributed by atoms with van der Waals surface area (Å²) < 4.78 is 7.43. The smallest absolute Gasteiger partial charge is 0.0635 e. The molecule has 3 heterocycles. The van der Waals surface area contributed by atoms with Gasteiger partial charge in [0.1, 0.15) is 0 Å². The summed E-state index contributed by atoms with van der Waals surface area (Å²) in [6, 6.07) is 41.7. The van der Waals surface area contributed by atoms with Crippen molar-refractivity contribution in [2.45, 2.75) is 0 Å². The van der Waals surface area contributed by atoms with Crippen LogP contribution in [0.4, 0.5) is 0 Å². The summed E-state index contributed by atoms with van der Waals surface area (Å²) >= 11 is 1.88. The molecule has 0 aliphatic carbocycles. The van der Waals surface area contributed by atoms with Gasteiger partial charge in [-0.25, -0.2) is 0 Å². The Morgan fingerprint density at radius 3 is 2.17 bits per heavy atom. The summed E-state index contributed by atoms with van der Waals surface area (Å²) in [7, 11) is 0. The number of rotatable bonds is 2. The molecule has 5 aromatic carbocycles. The number of para-hydroxylation sites is 2. The van der Waals surface area contributed by atoms with Crippen LogP contribution in [-0.2, 0) is 0 Å². The van der Waals surface area contributed by atoms with Gasteiger partial charge in [0.05, 0.1) is 26.9 Å². The van der Waals surface area contributed by atoms with Gasteiger partial charge in [0, 0.05) is 43.5 Å². The molecular formula is C32H20N2S. The molecule has 0 aliphatic heterocycles. The lowest BCUT2D eigenvalue weighted by Gasteiger charge is -2.10. The van der Waals surface area contributed by atoms with Crippen LogP contribution in [0.1, 0.15) is 0 Å². The maximum absolute atomic E-state index is 2.41. The van der Waals surface area contributed by atoms with Gasteiger partial charge in [-0.3, -0.25) is 0 Å². The summed E-state index contributed by atoms with van der Waals surface area (Å²) in [4.78, 5) is 0. The van der Waals surface area contributed by atoms with Gasteiger partial charge in [0.2, 0.25) is 0 Å². The van der Waals surface area contributed by atoms with Crippen LogP contribution in [0.3, 0.4) is 0 Å². The van der Waals surface area contributed by atoms with Crippen molar-refractivity contribution in [1.82, 2.24) is 9.13 Å². The Morgan fingerprint density at radius 2 is 1.26 bits per heavy atom. The van der Waals surface area contributed by atoms with Crippen molar-refractivity contribution in [2.75, 3.05) is 0 Å². The third kappa shape index (κ3) is 2.59. The number of aromatic nitrogens is 2. The lowest BCUT2D eigenvalue weighted by Crippen LogP contribution is -1.94. The maximum atomic E-state index is 2.41.